The summed E-state index contributed by atoms with van der Waals surface area (Å²) in [6.07, 6.45) is 3.87. The fraction of sp³-hybridized carbons (Fsp3) is 0.531. The van der Waals surface area contributed by atoms with Gasteiger partial charge in [0.1, 0.15) is 29.5 Å². The highest BCUT2D eigenvalue weighted by Gasteiger charge is 2.35. The lowest BCUT2D eigenvalue weighted by molar-refractivity contribution is -0.130. The molecule has 0 bridgehead atoms. The Balaban J connectivity index is 1.53. The fourth-order valence-electron chi connectivity index (χ4n) is 4.61. The van der Waals surface area contributed by atoms with Crippen molar-refractivity contribution in [2.75, 3.05) is 13.1 Å². The maximum Gasteiger partial charge on any atom is 0.242 e. The lowest BCUT2D eigenvalue weighted by Crippen LogP contribution is -2.49. The zero-order valence-electron chi connectivity index (χ0n) is 24.5. The molecule has 0 aromatic heterocycles. The van der Waals surface area contributed by atoms with Crippen LogP contribution >= 0.6 is 11.6 Å². The molecule has 2 aromatic rings. The second kappa shape index (κ2) is 15.9. The number of hydrogen-bond acceptors (Lipinski definition) is 5. The molecule has 1 saturated carbocycles. The van der Waals surface area contributed by atoms with Gasteiger partial charge in [-0.2, -0.15) is 0 Å². The number of ether oxygens (including phenoxy) is 1. The average molecular weight is 588 g/mol. The minimum absolute atomic E-state index is 0.143. The number of carbonyl (C=O) groups excluding carboxylic acids is 3. The third-order valence-corrected chi connectivity index (χ3v) is 7.46. The van der Waals surface area contributed by atoms with E-state index in [4.69, 9.17) is 16.3 Å². The second-order valence-electron chi connectivity index (χ2n) is 11.2. The summed E-state index contributed by atoms with van der Waals surface area (Å²) in [6, 6.07) is 10.8. The molecule has 0 aliphatic heterocycles. The molecular weight excluding hydrogens is 545 g/mol. The number of halogens is 2. The minimum atomic E-state index is -0.719. The highest BCUT2D eigenvalue weighted by atomic mass is 35.5. The number of hydrogen-bond donors (Lipinski definition) is 3. The Morgan fingerprint density at radius 3 is 2.39 bits per heavy atom. The van der Waals surface area contributed by atoms with Gasteiger partial charge in [0, 0.05) is 42.9 Å². The predicted octanol–water partition coefficient (Wildman–Crippen LogP) is 5.03. The topological polar surface area (TPSA) is 96.5 Å². The molecule has 1 aliphatic carbocycles. The number of benzene rings is 2. The van der Waals surface area contributed by atoms with Crippen LogP contribution in [0.3, 0.4) is 0 Å². The zero-order chi connectivity index (χ0) is 29.9. The van der Waals surface area contributed by atoms with Crippen molar-refractivity contribution in [1.29, 1.82) is 0 Å². The van der Waals surface area contributed by atoms with E-state index in [1.807, 2.05) is 26.0 Å². The van der Waals surface area contributed by atoms with E-state index in [1.54, 1.807) is 32.0 Å². The standard InChI is InChI=1S/C32H43ClFN3O4/c1-5-28(38)30(24-10-11-24)36-19-21(4)41-29-18-26(34)15-12-23(29)7-6-16-35-32(40)27(37-31(39)20(2)3)17-22-8-13-25(33)14-9-22/h8-9,12-15,18,20-21,24,27,30,36H,5-7,10-11,16-17,19H2,1-4H3,(H,35,40)(H,37,39)/t21-,27-,30+/m1/s1. The number of aryl methyl sites for hydroxylation is 1. The number of carbonyl (C=O) groups is 3. The molecule has 7 nitrogen and oxygen atoms in total. The first-order valence-electron chi connectivity index (χ1n) is 14.6. The Morgan fingerprint density at radius 2 is 1.76 bits per heavy atom. The van der Waals surface area contributed by atoms with Gasteiger partial charge >= 0.3 is 0 Å². The van der Waals surface area contributed by atoms with E-state index in [-0.39, 0.29) is 41.5 Å². The third kappa shape index (κ3) is 10.7. The Hall–Kier alpha value is -2.97. The predicted molar refractivity (Wildman–Crippen MR) is 160 cm³/mol. The van der Waals surface area contributed by atoms with Crippen molar-refractivity contribution in [1.82, 2.24) is 16.0 Å². The molecule has 224 valence electrons. The number of nitrogens with one attached hydrogen (secondary N) is 3. The number of Topliss-reactive ketones (excluding diaryl/α,β-unsaturated/α-hetero) is 1. The lowest BCUT2D eigenvalue weighted by Gasteiger charge is -2.22. The first kappa shape index (κ1) is 32.5. The van der Waals surface area contributed by atoms with E-state index in [0.29, 0.717) is 55.5 Å². The molecule has 1 fully saturated rings. The highest BCUT2D eigenvalue weighted by molar-refractivity contribution is 6.30. The molecule has 3 N–H and O–H groups in total. The van der Waals surface area contributed by atoms with Crippen LogP contribution in [0.15, 0.2) is 42.5 Å². The molecule has 41 heavy (non-hydrogen) atoms. The smallest absolute Gasteiger partial charge is 0.242 e. The molecule has 1 aliphatic rings. The quantitative estimate of drug-likeness (QED) is 0.226. The molecule has 2 aromatic carbocycles. The van der Waals surface area contributed by atoms with Crippen LogP contribution in [-0.2, 0) is 27.2 Å². The third-order valence-electron chi connectivity index (χ3n) is 7.20. The van der Waals surface area contributed by atoms with E-state index < -0.39 is 6.04 Å². The van der Waals surface area contributed by atoms with E-state index in [9.17, 15) is 18.8 Å². The number of rotatable bonds is 17. The van der Waals surface area contributed by atoms with Gasteiger partial charge in [-0.05, 0) is 67.9 Å². The molecule has 3 atom stereocenters. The summed E-state index contributed by atoms with van der Waals surface area (Å²) in [4.78, 5) is 37.7. The lowest BCUT2D eigenvalue weighted by atomic mass is 10.0. The average Bonchev–Trinajstić information content (AvgIpc) is 3.78. The molecule has 0 radical (unpaired) electrons. The molecule has 0 saturated heterocycles. The summed E-state index contributed by atoms with van der Waals surface area (Å²) in [7, 11) is 0. The second-order valence-corrected chi connectivity index (χ2v) is 11.6. The van der Waals surface area contributed by atoms with Crippen LogP contribution < -0.4 is 20.7 Å². The van der Waals surface area contributed by atoms with Crippen LogP contribution in [0.4, 0.5) is 4.39 Å². The van der Waals surface area contributed by atoms with Crippen molar-refractivity contribution in [2.45, 2.75) is 84.4 Å². The van der Waals surface area contributed by atoms with Crippen LogP contribution in [0.2, 0.25) is 5.02 Å². The molecule has 0 unspecified atom stereocenters. The Bertz CT molecular complexity index is 1170. The van der Waals surface area contributed by atoms with E-state index in [0.717, 1.165) is 24.0 Å². The summed E-state index contributed by atoms with van der Waals surface area (Å²) in [5.74, 6) is -0.0297. The van der Waals surface area contributed by atoms with Gasteiger partial charge < -0.3 is 20.7 Å². The van der Waals surface area contributed by atoms with Gasteiger partial charge in [0.15, 0.2) is 0 Å². The molecule has 2 amide bonds. The molecule has 9 heteroatoms. The summed E-state index contributed by atoms with van der Waals surface area (Å²) in [6.45, 7) is 8.19. The van der Waals surface area contributed by atoms with Gasteiger partial charge in [-0.3, -0.25) is 14.4 Å². The molecule has 0 heterocycles. The van der Waals surface area contributed by atoms with Crippen LogP contribution in [0.1, 0.15) is 64.5 Å². The van der Waals surface area contributed by atoms with Gasteiger partial charge in [0.05, 0.1) is 6.04 Å². The first-order chi connectivity index (χ1) is 19.6. The number of amides is 2. The SMILES string of the molecule is CCC(=O)[C@@H](NC[C@@H](C)Oc1cc(F)ccc1CCCNC(=O)[C@@H](Cc1ccc(Cl)cc1)NC(=O)C(C)C)C1CC1. The monoisotopic (exact) mass is 587 g/mol. The van der Waals surface area contributed by atoms with E-state index in [1.165, 1.54) is 12.1 Å². The van der Waals surface area contributed by atoms with E-state index in [2.05, 4.69) is 16.0 Å². The highest BCUT2D eigenvalue weighted by Crippen LogP contribution is 2.33. The summed E-state index contributed by atoms with van der Waals surface area (Å²) >= 11 is 5.98. The maximum absolute atomic E-state index is 14.1. The largest absolute Gasteiger partial charge is 0.489 e. The van der Waals surface area contributed by atoms with Crippen molar-refractivity contribution in [3.63, 3.8) is 0 Å². The molecular formula is C32H43ClFN3O4. The van der Waals surface area contributed by atoms with Crippen LogP contribution in [-0.4, -0.2) is 48.9 Å². The van der Waals surface area contributed by atoms with Crippen molar-refractivity contribution < 1.29 is 23.5 Å². The van der Waals surface area contributed by atoms with Crippen molar-refractivity contribution in [3.8, 4) is 5.75 Å². The summed E-state index contributed by atoms with van der Waals surface area (Å²) < 4.78 is 20.2. The Labute approximate surface area is 247 Å². The maximum atomic E-state index is 14.1. The van der Waals surface area contributed by atoms with Crippen molar-refractivity contribution in [3.05, 3.63) is 64.4 Å². The van der Waals surface area contributed by atoms with Gasteiger partial charge in [-0.1, -0.05) is 50.6 Å². The van der Waals surface area contributed by atoms with Gasteiger partial charge in [-0.25, -0.2) is 4.39 Å². The van der Waals surface area contributed by atoms with Crippen LogP contribution in [0, 0.1) is 17.7 Å². The van der Waals surface area contributed by atoms with E-state index >= 15 is 0 Å². The Morgan fingerprint density at radius 1 is 1.05 bits per heavy atom. The fourth-order valence-corrected chi connectivity index (χ4v) is 4.73. The minimum Gasteiger partial charge on any atom is -0.489 e. The summed E-state index contributed by atoms with van der Waals surface area (Å²) in [5, 5.41) is 9.72. The summed E-state index contributed by atoms with van der Waals surface area (Å²) in [5.41, 5.74) is 1.72. The van der Waals surface area contributed by atoms with Crippen LogP contribution in [0.5, 0.6) is 5.75 Å². The Kier molecular flexibility index (Phi) is 12.6. The van der Waals surface area contributed by atoms with Gasteiger partial charge in [0.25, 0.3) is 0 Å². The zero-order valence-corrected chi connectivity index (χ0v) is 25.2. The molecule has 3 rings (SSSR count). The van der Waals surface area contributed by atoms with Crippen molar-refractivity contribution in [2.24, 2.45) is 11.8 Å². The molecule has 0 spiro atoms. The first-order valence-corrected chi connectivity index (χ1v) is 15.0. The van der Waals surface area contributed by atoms with Gasteiger partial charge in [-0.15, -0.1) is 0 Å². The van der Waals surface area contributed by atoms with Gasteiger partial charge in [0.2, 0.25) is 11.8 Å². The van der Waals surface area contributed by atoms with Crippen LogP contribution in [0.25, 0.3) is 0 Å². The van der Waals surface area contributed by atoms with Crippen molar-refractivity contribution >= 4 is 29.2 Å². The number of ketones is 1. The normalized spacial score (nSPS) is 15.2.